The first kappa shape index (κ1) is 15.4. The SMILES string of the molecule is CC(C)(C)OC(=O)C1C[C@]1(Cc1ccc(O)cc1)C(N)=O. The number of ether oxygens (including phenoxy) is 1. The van der Waals surface area contributed by atoms with Gasteiger partial charge in [0.25, 0.3) is 0 Å². The number of nitrogens with two attached hydrogens (primary N) is 1. The minimum Gasteiger partial charge on any atom is -0.508 e. The van der Waals surface area contributed by atoms with Crippen molar-refractivity contribution in [2.45, 2.75) is 39.2 Å². The molecule has 0 heterocycles. The Hall–Kier alpha value is -2.04. The number of carbonyl (C=O) groups excluding carboxylic acids is 2. The van der Waals surface area contributed by atoms with Crippen LogP contribution in [0.1, 0.15) is 32.8 Å². The van der Waals surface area contributed by atoms with Crippen molar-refractivity contribution in [1.82, 2.24) is 0 Å². The van der Waals surface area contributed by atoms with Gasteiger partial charge in [0.2, 0.25) is 5.91 Å². The quantitative estimate of drug-likeness (QED) is 0.827. The van der Waals surface area contributed by atoms with Crippen LogP contribution in [0.25, 0.3) is 0 Å². The standard InChI is InChI=1S/C16H21NO4/c1-15(2,3)21-13(19)12-9-16(12,14(17)20)8-10-4-6-11(18)7-5-10/h4-7,12,18H,8-9H2,1-3H3,(H2,17,20)/t12?,16-/m0/s1. The minimum atomic E-state index is -0.862. The fourth-order valence-electron chi connectivity index (χ4n) is 2.52. The van der Waals surface area contributed by atoms with E-state index in [0.29, 0.717) is 12.8 Å². The van der Waals surface area contributed by atoms with Gasteiger partial charge in [-0.15, -0.1) is 0 Å². The number of amides is 1. The van der Waals surface area contributed by atoms with E-state index in [1.807, 2.05) is 0 Å². The lowest BCUT2D eigenvalue weighted by Gasteiger charge is -2.21. The Morgan fingerprint density at radius 3 is 2.38 bits per heavy atom. The summed E-state index contributed by atoms with van der Waals surface area (Å²) >= 11 is 0. The summed E-state index contributed by atoms with van der Waals surface area (Å²) in [6.45, 7) is 5.37. The Morgan fingerprint density at radius 2 is 1.90 bits per heavy atom. The van der Waals surface area contributed by atoms with Crippen LogP contribution in [0.15, 0.2) is 24.3 Å². The van der Waals surface area contributed by atoms with E-state index in [4.69, 9.17) is 10.5 Å². The Labute approximate surface area is 124 Å². The molecule has 0 aliphatic heterocycles. The summed E-state index contributed by atoms with van der Waals surface area (Å²) in [5, 5.41) is 9.28. The van der Waals surface area contributed by atoms with Crippen molar-refractivity contribution in [3.63, 3.8) is 0 Å². The fourth-order valence-corrected chi connectivity index (χ4v) is 2.52. The lowest BCUT2D eigenvalue weighted by Crippen LogP contribution is -2.33. The van der Waals surface area contributed by atoms with E-state index in [1.54, 1.807) is 45.0 Å². The Morgan fingerprint density at radius 1 is 1.33 bits per heavy atom. The maximum atomic E-state index is 12.1. The maximum absolute atomic E-state index is 12.1. The number of hydrogen-bond donors (Lipinski definition) is 2. The van der Waals surface area contributed by atoms with E-state index in [2.05, 4.69) is 0 Å². The molecule has 5 nitrogen and oxygen atoms in total. The molecule has 1 aliphatic carbocycles. The van der Waals surface area contributed by atoms with Crippen molar-refractivity contribution in [1.29, 1.82) is 0 Å². The highest BCUT2D eigenvalue weighted by atomic mass is 16.6. The number of benzene rings is 1. The third-order valence-electron chi connectivity index (χ3n) is 3.71. The van der Waals surface area contributed by atoms with Crippen molar-refractivity contribution < 1.29 is 19.4 Å². The van der Waals surface area contributed by atoms with Crippen LogP contribution in [0.5, 0.6) is 5.75 Å². The van der Waals surface area contributed by atoms with E-state index in [1.165, 1.54) is 0 Å². The molecule has 0 radical (unpaired) electrons. The van der Waals surface area contributed by atoms with Crippen LogP contribution in [0.3, 0.4) is 0 Å². The van der Waals surface area contributed by atoms with Gasteiger partial charge in [-0.3, -0.25) is 9.59 Å². The Balaban J connectivity index is 2.12. The van der Waals surface area contributed by atoms with Crippen LogP contribution in [-0.4, -0.2) is 22.6 Å². The molecular formula is C16H21NO4. The second kappa shape index (κ2) is 5.06. The van der Waals surface area contributed by atoms with E-state index in [-0.39, 0.29) is 11.7 Å². The van der Waals surface area contributed by atoms with Gasteiger partial charge in [0.15, 0.2) is 0 Å². The van der Waals surface area contributed by atoms with E-state index >= 15 is 0 Å². The molecule has 0 saturated heterocycles. The van der Waals surface area contributed by atoms with Gasteiger partial charge in [-0.1, -0.05) is 12.1 Å². The smallest absolute Gasteiger partial charge is 0.310 e. The number of primary amides is 1. The fraction of sp³-hybridized carbons (Fsp3) is 0.500. The number of phenols is 1. The molecule has 114 valence electrons. The molecule has 0 aromatic heterocycles. The predicted molar refractivity (Wildman–Crippen MR) is 77.4 cm³/mol. The largest absolute Gasteiger partial charge is 0.508 e. The normalized spacial score (nSPS) is 24.4. The van der Waals surface area contributed by atoms with Crippen molar-refractivity contribution >= 4 is 11.9 Å². The predicted octanol–water partition coefficient (Wildman–Crippen LogP) is 1.77. The second-order valence-electron chi connectivity index (χ2n) is 6.65. The molecule has 3 N–H and O–H groups in total. The van der Waals surface area contributed by atoms with Gasteiger partial charge in [-0.2, -0.15) is 0 Å². The topological polar surface area (TPSA) is 89.6 Å². The van der Waals surface area contributed by atoms with Gasteiger partial charge >= 0.3 is 5.97 Å². The third kappa shape index (κ3) is 3.35. The van der Waals surface area contributed by atoms with Crippen molar-refractivity contribution in [3.8, 4) is 5.75 Å². The Kier molecular flexibility index (Phi) is 3.70. The number of esters is 1. The molecule has 1 aromatic carbocycles. The first-order valence-corrected chi connectivity index (χ1v) is 6.95. The van der Waals surface area contributed by atoms with Gasteiger partial charge in [0.05, 0.1) is 11.3 Å². The molecule has 1 fully saturated rings. The lowest BCUT2D eigenvalue weighted by molar-refractivity contribution is -0.158. The third-order valence-corrected chi connectivity index (χ3v) is 3.71. The summed E-state index contributed by atoms with van der Waals surface area (Å²) in [6.07, 6.45) is 0.796. The van der Waals surface area contributed by atoms with Gasteiger partial charge in [-0.05, 0) is 51.3 Å². The second-order valence-corrected chi connectivity index (χ2v) is 6.65. The molecule has 0 bridgehead atoms. The summed E-state index contributed by atoms with van der Waals surface area (Å²) in [6, 6.07) is 6.55. The van der Waals surface area contributed by atoms with Gasteiger partial charge in [0.1, 0.15) is 11.4 Å². The van der Waals surface area contributed by atoms with E-state index in [9.17, 15) is 14.7 Å². The summed E-state index contributed by atoms with van der Waals surface area (Å²) in [4.78, 5) is 23.9. The molecule has 1 saturated carbocycles. The molecule has 1 aromatic rings. The lowest BCUT2D eigenvalue weighted by atomic mass is 9.93. The maximum Gasteiger partial charge on any atom is 0.310 e. The minimum absolute atomic E-state index is 0.159. The average Bonchev–Trinajstić information content (AvgIpc) is 3.06. The van der Waals surface area contributed by atoms with Crippen molar-refractivity contribution in [3.05, 3.63) is 29.8 Å². The molecule has 1 aliphatic rings. The van der Waals surface area contributed by atoms with Crippen LogP contribution in [0, 0.1) is 11.3 Å². The van der Waals surface area contributed by atoms with Gasteiger partial charge in [0, 0.05) is 0 Å². The number of carbonyl (C=O) groups is 2. The molecular weight excluding hydrogens is 270 g/mol. The monoisotopic (exact) mass is 291 g/mol. The summed E-state index contributed by atoms with van der Waals surface area (Å²) in [5.74, 6) is -1.18. The zero-order valence-electron chi connectivity index (χ0n) is 12.6. The van der Waals surface area contributed by atoms with Crippen LogP contribution in [0.4, 0.5) is 0 Å². The highest BCUT2D eigenvalue weighted by molar-refractivity contribution is 5.93. The zero-order valence-corrected chi connectivity index (χ0v) is 12.6. The van der Waals surface area contributed by atoms with Gasteiger partial charge < -0.3 is 15.6 Å². The average molecular weight is 291 g/mol. The molecule has 2 atom stereocenters. The molecule has 1 unspecified atom stereocenters. The van der Waals surface area contributed by atoms with E-state index in [0.717, 1.165) is 5.56 Å². The van der Waals surface area contributed by atoms with Crippen LogP contribution >= 0.6 is 0 Å². The summed E-state index contributed by atoms with van der Waals surface area (Å²) in [7, 11) is 0. The van der Waals surface area contributed by atoms with Crippen LogP contribution in [-0.2, 0) is 20.7 Å². The number of rotatable bonds is 4. The summed E-state index contributed by atoms with van der Waals surface area (Å²) < 4.78 is 5.34. The van der Waals surface area contributed by atoms with Crippen LogP contribution in [0.2, 0.25) is 0 Å². The highest BCUT2D eigenvalue weighted by Crippen LogP contribution is 2.55. The van der Waals surface area contributed by atoms with Crippen molar-refractivity contribution in [2.75, 3.05) is 0 Å². The molecule has 1 amide bonds. The number of phenolic OH excluding ortho intramolecular Hbond substituents is 1. The Bertz CT molecular complexity index is 559. The number of aromatic hydroxyl groups is 1. The zero-order chi connectivity index (χ0) is 15.8. The highest BCUT2D eigenvalue weighted by Gasteiger charge is 2.63. The van der Waals surface area contributed by atoms with Crippen molar-refractivity contribution in [2.24, 2.45) is 17.1 Å². The summed E-state index contributed by atoms with van der Waals surface area (Å²) in [5.41, 5.74) is 4.92. The molecule has 0 spiro atoms. The van der Waals surface area contributed by atoms with Gasteiger partial charge in [-0.25, -0.2) is 0 Å². The first-order valence-electron chi connectivity index (χ1n) is 6.95. The number of hydrogen-bond acceptors (Lipinski definition) is 4. The molecule has 2 rings (SSSR count). The molecule has 21 heavy (non-hydrogen) atoms. The van der Waals surface area contributed by atoms with E-state index < -0.39 is 22.8 Å². The van der Waals surface area contributed by atoms with Crippen LogP contribution < -0.4 is 5.73 Å². The first-order chi connectivity index (χ1) is 9.64. The molecule has 5 heteroatoms.